The van der Waals surface area contributed by atoms with Crippen LogP contribution in [-0.2, 0) is 0 Å². The van der Waals surface area contributed by atoms with Gasteiger partial charge in [-0.25, -0.2) is 0 Å². The van der Waals surface area contributed by atoms with Crippen molar-refractivity contribution in [3.63, 3.8) is 0 Å². The Morgan fingerprint density at radius 2 is 1.83 bits per heavy atom. The summed E-state index contributed by atoms with van der Waals surface area (Å²) in [6, 6.07) is 11.4. The lowest BCUT2D eigenvalue weighted by molar-refractivity contribution is 0.455. The molecule has 4 heteroatoms. The quantitative estimate of drug-likeness (QED) is 0.817. The molecule has 0 bridgehead atoms. The minimum absolute atomic E-state index is 0.356. The van der Waals surface area contributed by atoms with Crippen molar-refractivity contribution >= 4 is 11.6 Å². The highest BCUT2D eigenvalue weighted by Gasteiger charge is 2.04. The van der Waals surface area contributed by atoms with E-state index in [9.17, 15) is 0 Å². The van der Waals surface area contributed by atoms with Crippen LogP contribution in [0.5, 0.6) is 11.6 Å². The molecular formula is C14H15ClN2O. The largest absolute Gasteiger partial charge is 0.438 e. The number of hydrogen-bond donors (Lipinski definition) is 0. The van der Waals surface area contributed by atoms with E-state index in [4.69, 9.17) is 16.3 Å². The molecule has 1 aromatic carbocycles. The van der Waals surface area contributed by atoms with Gasteiger partial charge in [0, 0.05) is 6.07 Å². The van der Waals surface area contributed by atoms with E-state index < -0.39 is 0 Å². The second kappa shape index (κ2) is 5.83. The van der Waals surface area contributed by atoms with Gasteiger partial charge in [0.1, 0.15) is 5.75 Å². The van der Waals surface area contributed by atoms with Gasteiger partial charge in [0.25, 0.3) is 0 Å². The lowest BCUT2D eigenvalue weighted by atomic mass is 9.99. The zero-order chi connectivity index (χ0) is 13.0. The van der Waals surface area contributed by atoms with Crippen LogP contribution in [-0.4, -0.2) is 10.2 Å². The highest BCUT2D eigenvalue weighted by molar-refractivity contribution is 6.29. The van der Waals surface area contributed by atoms with Crippen molar-refractivity contribution in [3.05, 3.63) is 47.1 Å². The topological polar surface area (TPSA) is 35.0 Å². The fraction of sp³-hybridized carbons (Fsp3) is 0.286. The van der Waals surface area contributed by atoms with Crippen molar-refractivity contribution in [2.75, 3.05) is 0 Å². The molecule has 0 saturated heterocycles. The average Bonchev–Trinajstić information content (AvgIpc) is 2.41. The van der Waals surface area contributed by atoms with Crippen LogP contribution in [0.15, 0.2) is 36.4 Å². The maximum absolute atomic E-state index is 5.66. The van der Waals surface area contributed by atoms with Crippen LogP contribution in [0.3, 0.4) is 0 Å². The van der Waals surface area contributed by atoms with Crippen LogP contribution in [0.1, 0.15) is 31.7 Å². The van der Waals surface area contributed by atoms with Crippen LogP contribution in [0.25, 0.3) is 0 Å². The summed E-state index contributed by atoms with van der Waals surface area (Å²) < 4.78 is 5.57. The molecule has 1 heterocycles. The molecule has 0 aliphatic heterocycles. The Hall–Kier alpha value is -1.61. The molecule has 1 aromatic heterocycles. The first-order valence-corrected chi connectivity index (χ1v) is 6.34. The Bertz CT molecular complexity index is 496. The fourth-order valence-corrected chi connectivity index (χ4v) is 1.68. The van der Waals surface area contributed by atoms with E-state index in [2.05, 4.69) is 36.2 Å². The van der Waals surface area contributed by atoms with Gasteiger partial charge in [-0.2, -0.15) is 0 Å². The van der Waals surface area contributed by atoms with Gasteiger partial charge in [-0.1, -0.05) is 37.6 Å². The third-order valence-electron chi connectivity index (χ3n) is 2.89. The molecule has 2 rings (SSSR count). The maximum atomic E-state index is 5.66. The van der Waals surface area contributed by atoms with E-state index in [0.29, 0.717) is 17.0 Å². The normalized spacial score (nSPS) is 12.2. The molecule has 94 valence electrons. The predicted octanol–water partition coefficient (Wildman–Crippen LogP) is 4.44. The van der Waals surface area contributed by atoms with Gasteiger partial charge in [0.15, 0.2) is 5.15 Å². The lowest BCUT2D eigenvalue weighted by Crippen LogP contribution is -1.93. The summed E-state index contributed by atoms with van der Waals surface area (Å²) in [5.74, 6) is 1.75. The number of nitrogens with zero attached hydrogens (tertiary/aromatic N) is 2. The zero-order valence-electron chi connectivity index (χ0n) is 10.4. The number of benzene rings is 1. The molecule has 1 atom stereocenters. The van der Waals surface area contributed by atoms with Crippen molar-refractivity contribution in [2.45, 2.75) is 26.2 Å². The molecule has 0 spiro atoms. The van der Waals surface area contributed by atoms with Gasteiger partial charge in [0.05, 0.1) is 0 Å². The summed E-state index contributed by atoms with van der Waals surface area (Å²) in [7, 11) is 0. The monoisotopic (exact) mass is 262 g/mol. The number of hydrogen-bond acceptors (Lipinski definition) is 3. The van der Waals surface area contributed by atoms with E-state index >= 15 is 0 Å². The number of ether oxygens (including phenoxy) is 1. The fourth-order valence-electron chi connectivity index (χ4n) is 1.58. The maximum Gasteiger partial charge on any atom is 0.238 e. The van der Waals surface area contributed by atoms with Gasteiger partial charge in [-0.05, 0) is 36.1 Å². The van der Waals surface area contributed by atoms with E-state index in [1.807, 2.05) is 12.1 Å². The summed E-state index contributed by atoms with van der Waals surface area (Å²) in [6.07, 6.45) is 1.13. The van der Waals surface area contributed by atoms with Crippen LogP contribution >= 0.6 is 11.6 Å². The standard InChI is InChI=1S/C14H15ClN2O/c1-3-10(2)11-4-6-12(7-5-11)18-14-9-8-13(15)16-17-14/h4-10H,3H2,1-2H3. The summed E-state index contributed by atoms with van der Waals surface area (Å²) in [5, 5.41) is 7.92. The zero-order valence-corrected chi connectivity index (χ0v) is 11.2. The molecule has 0 amide bonds. The van der Waals surface area contributed by atoms with Crippen molar-refractivity contribution in [3.8, 4) is 11.6 Å². The Labute approximate surface area is 112 Å². The van der Waals surface area contributed by atoms with E-state index in [0.717, 1.165) is 12.2 Å². The second-order valence-corrected chi connectivity index (χ2v) is 4.56. The van der Waals surface area contributed by atoms with E-state index in [1.165, 1.54) is 5.56 Å². The van der Waals surface area contributed by atoms with Crippen molar-refractivity contribution in [1.29, 1.82) is 0 Å². The van der Waals surface area contributed by atoms with Crippen molar-refractivity contribution in [1.82, 2.24) is 10.2 Å². The Morgan fingerprint density at radius 1 is 1.11 bits per heavy atom. The van der Waals surface area contributed by atoms with Gasteiger partial charge in [-0.3, -0.25) is 0 Å². The van der Waals surface area contributed by atoms with Gasteiger partial charge >= 0.3 is 0 Å². The highest BCUT2D eigenvalue weighted by atomic mass is 35.5. The van der Waals surface area contributed by atoms with Crippen LogP contribution in [0, 0.1) is 0 Å². The summed E-state index contributed by atoms with van der Waals surface area (Å²) in [6.45, 7) is 4.39. The molecule has 0 aliphatic rings. The van der Waals surface area contributed by atoms with Gasteiger partial charge in [-0.15, -0.1) is 10.2 Å². The molecule has 2 aromatic rings. The first-order valence-electron chi connectivity index (χ1n) is 5.96. The van der Waals surface area contributed by atoms with Crippen LogP contribution < -0.4 is 4.74 Å². The molecule has 0 fully saturated rings. The minimum atomic E-state index is 0.356. The smallest absolute Gasteiger partial charge is 0.238 e. The molecule has 0 N–H and O–H groups in total. The lowest BCUT2D eigenvalue weighted by Gasteiger charge is -2.09. The van der Waals surface area contributed by atoms with Crippen molar-refractivity contribution in [2.24, 2.45) is 0 Å². The van der Waals surface area contributed by atoms with Gasteiger partial charge < -0.3 is 4.74 Å². The van der Waals surface area contributed by atoms with Crippen molar-refractivity contribution < 1.29 is 4.74 Å². The molecule has 0 saturated carbocycles. The number of halogens is 1. The third kappa shape index (κ3) is 3.20. The second-order valence-electron chi connectivity index (χ2n) is 4.17. The molecular weight excluding hydrogens is 248 g/mol. The van der Waals surface area contributed by atoms with Crippen LogP contribution in [0.4, 0.5) is 0 Å². The Balaban J connectivity index is 2.08. The minimum Gasteiger partial charge on any atom is -0.438 e. The Morgan fingerprint density at radius 3 is 2.39 bits per heavy atom. The predicted molar refractivity (Wildman–Crippen MR) is 72.3 cm³/mol. The van der Waals surface area contributed by atoms with Crippen LogP contribution in [0.2, 0.25) is 5.15 Å². The Kier molecular flexibility index (Phi) is 4.15. The highest BCUT2D eigenvalue weighted by Crippen LogP contribution is 2.24. The first kappa shape index (κ1) is 12.8. The molecule has 3 nitrogen and oxygen atoms in total. The number of aromatic nitrogens is 2. The molecule has 18 heavy (non-hydrogen) atoms. The SMILES string of the molecule is CCC(C)c1ccc(Oc2ccc(Cl)nn2)cc1. The van der Waals surface area contributed by atoms with Gasteiger partial charge in [0.2, 0.25) is 5.88 Å². The molecule has 1 unspecified atom stereocenters. The average molecular weight is 263 g/mol. The third-order valence-corrected chi connectivity index (χ3v) is 3.09. The molecule has 0 radical (unpaired) electrons. The van der Waals surface area contributed by atoms with E-state index in [1.54, 1.807) is 12.1 Å². The summed E-state index contributed by atoms with van der Waals surface area (Å²) in [4.78, 5) is 0. The summed E-state index contributed by atoms with van der Waals surface area (Å²) >= 11 is 5.66. The van der Waals surface area contributed by atoms with E-state index in [-0.39, 0.29) is 0 Å². The molecule has 0 aliphatic carbocycles. The number of rotatable bonds is 4. The first-order chi connectivity index (χ1) is 8.69. The summed E-state index contributed by atoms with van der Waals surface area (Å²) in [5.41, 5.74) is 1.31.